The Morgan fingerprint density at radius 3 is 2.17 bits per heavy atom. The fourth-order valence-electron chi connectivity index (χ4n) is 5.46. The normalized spacial score (nSPS) is 22.2. The maximum atomic E-state index is 14.0. The van der Waals surface area contributed by atoms with Crippen LogP contribution >= 0.6 is 23.1 Å². The van der Waals surface area contributed by atoms with E-state index in [0.717, 1.165) is 16.9 Å². The summed E-state index contributed by atoms with van der Waals surface area (Å²) in [6.07, 6.45) is 0. The number of fused-ring (bicyclic) bond motifs is 2. The molecule has 0 unspecified atom stereocenters. The predicted molar refractivity (Wildman–Crippen MR) is 149 cm³/mol. The zero-order valence-electron chi connectivity index (χ0n) is 21.9. The average Bonchev–Trinajstić information content (AvgIpc) is 3.43. The van der Waals surface area contributed by atoms with E-state index >= 15 is 0 Å². The van der Waals surface area contributed by atoms with Gasteiger partial charge in [0, 0.05) is 23.9 Å². The minimum absolute atomic E-state index is 0.130. The lowest BCUT2D eigenvalue weighted by molar-refractivity contribution is -0.136. The zero-order chi connectivity index (χ0) is 28.0. The minimum atomic E-state index is -0.757. The molecular formula is C28H27N3O7S2. The Morgan fingerprint density at radius 2 is 1.55 bits per heavy atom. The van der Waals surface area contributed by atoms with Crippen LogP contribution < -0.4 is 19.2 Å². The van der Waals surface area contributed by atoms with E-state index in [2.05, 4.69) is 0 Å². The molecule has 2 aromatic carbocycles. The third-order valence-electron chi connectivity index (χ3n) is 7.51. The highest BCUT2D eigenvalue weighted by Crippen LogP contribution is 2.54. The van der Waals surface area contributed by atoms with Crippen molar-refractivity contribution in [3.05, 3.63) is 68.6 Å². The number of methoxy groups -OCH3 is 2. The number of ether oxygens (including phenoxy) is 3. The van der Waals surface area contributed by atoms with E-state index in [-0.39, 0.29) is 29.1 Å². The Hall–Kier alpha value is -3.61. The number of imide groups is 1. The summed E-state index contributed by atoms with van der Waals surface area (Å²) in [6, 6.07) is 14.1. The smallest absolute Gasteiger partial charge is 0.308 e. The minimum Gasteiger partial charge on any atom is -0.497 e. The lowest BCUT2D eigenvalue weighted by Crippen LogP contribution is -2.43. The highest BCUT2D eigenvalue weighted by Gasteiger charge is 2.56. The maximum absolute atomic E-state index is 14.0. The molecule has 4 heterocycles. The summed E-state index contributed by atoms with van der Waals surface area (Å²) in [5, 5.41) is -0.190. The number of morpholine rings is 1. The summed E-state index contributed by atoms with van der Waals surface area (Å²) in [4.78, 5) is 57.5. The number of anilines is 1. The zero-order valence-corrected chi connectivity index (χ0v) is 23.5. The molecule has 12 heteroatoms. The molecule has 0 radical (unpaired) electrons. The van der Waals surface area contributed by atoms with Crippen LogP contribution in [0.25, 0.3) is 0 Å². The Morgan fingerprint density at radius 1 is 0.925 bits per heavy atom. The number of thioether (sulfide) groups is 1. The summed E-state index contributed by atoms with van der Waals surface area (Å²) in [5.41, 5.74) is 1.26. The van der Waals surface area contributed by atoms with Crippen LogP contribution in [0.15, 0.2) is 58.4 Å². The predicted octanol–water partition coefficient (Wildman–Crippen LogP) is 2.58. The van der Waals surface area contributed by atoms with Gasteiger partial charge in [0.15, 0.2) is 0 Å². The lowest BCUT2D eigenvalue weighted by atomic mass is 9.83. The molecule has 0 bridgehead atoms. The van der Waals surface area contributed by atoms with Crippen LogP contribution in [0.3, 0.4) is 0 Å². The van der Waals surface area contributed by atoms with E-state index in [1.807, 2.05) is 12.1 Å². The van der Waals surface area contributed by atoms with Crippen LogP contribution in [0.2, 0.25) is 0 Å². The van der Waals surface area contributed by atoms with Crippen LogP contribution in [-0.2, 0) is 25.7 Å². The monoisotopic (exact) mass is 581 g/mol. The first-order chi connectivity index (χ1) is 19.4. The topological polar surface area (TPSA) is 107 Å². The van der Waals surface area contributed by atoms with Crippen LogP contribution in [0, 0.1) is 5.92 Å². The highest BCUT2D eigenvalue weighted by atomic mass is 32.2. The standard InChI is InChI=1S/C28H27N3O7S2/c1-36-18-7-3-16(4-8-18)21-22-23(26(34)31(25(22)33)17-5-9-19(37-2)10-6-17)39-27-24(21)40-28(35)30(27)15-20(32)29-11-13-38-14-12-29/h3-10,21-23H,11-15H2,1-2H3/t21-,22-,23+/m0/s1. The fourth-order valence-corrected chi connectivity index (χ4v) is 8.23. The van der Waals surface area contributed by atoms with Gasteiger partial charge in [-0.05, 0) is 42.0 Å². The second-order valence-electron chi connectivity index (χ2n) is 9.64. The Bertz CT molecular complexity index is 1510. The van der Waals surface area contributed by atoms with Gasteiger partial charge in [0.1, 0.15) is 23.3 Å². The van der Waals surface area contributed by atoms with Crippen molar-refractivity contribution in [2.24, 2.45) is 5.92 Å². The molecule has 1 aromatic heterocycles. The Kier molecular flexibility index (Phi) is 7.15. The van der Waals surface area contributed by atoms with Gasteiger partial charge in [-0.25, -0.2) is 4.90 Å². The van der Waals surface area contributed by atoms with E-state index in [1.54, 1.807) is 55.5 Å². The van der Waals surface area contributed by atoms with Crippen molar-refractivity contribution < 1.29 is 28.6 Å². The molecule has 3 aliphatic heterocycles. The van der Waals surface area contributed by atoms with Gasteiger partial charge >= 0.3 is 4.87 Å². The van der Waals surface area contributed by atoms with E-state index in [9.17, 15) is 19.2 Å². The first-order valence-electron chi connectivity index (χ1n) is 12.8. The molecule has 3 aliphatic rings. The summed E-state index contributed by atoms with van der Waals surface area (Å²) in [6.45, 7) is 1.72. The summed E-state index contributed by atoms with van der Waals surface area (Å²) in [7, 11) is 3.12. The molecule has 10 nitrogen and oxygen atoms in total. The number of amides is 3. The van der Waals surface area contributed by atoms with Gasteiger partial charge in [0.05, 0.1) is 44.1 Å². The van der Waals surface area contributed by atoms with Crippen LogP contribution in [0.5, 0.6) is 11.5 Å². The van der Waals surface area contributed by atoms with Crippen molar-refractivity contribution in [3.8, 4) is 11.5 Å². The van der Waals surface area contributed by atoms with E-state index in [4.69, 9.17) is 14.2 Å². The van der Waals surface area contributed by atoms with Gasteiger partial charge in [0.2, 0.25) is 17.7 Å². The first-order valence-corrected chi connectivity index (χ1v) is 14.5. The molecule has 0 spiro atoms. The molecule has 3 aromatic rings. The second kappa shape index (κ2) is 10.8. The number of carbonyl (C=O) groups excluding carboxylic acids is 3. The van der Waals surface area contributed by atoms with Gasteiger partial charge in [-0.3, -0.25) is 23.7 Å². The van der Waals surface area contributed by atoms with Crippen LogP contribution in [0.1, 0.15) is 16.4 Å². The Balaban J connectivity index is 1.42. The number of thiazole rings is 1. The van der Waals surface area contributed by atoms with Gasteiger partial charge < -0.3 is 19.1 Å². The fraction of sp³-hybridized carbons (Fsp3) is 0.357. The molecule has 2 saturated heterocycles. The number of rotatable bonds is 6. The number of carbonyl (C=O) groups is 3. The summed E-state index contributed by atoms with van der Waals surface area (Å²) in [5.74, 6) is -0.840. The molecule has 3 amide bonds. The quantitative estimate of drug-likeness (QED) is 0.409. The largest absolute Gasteiger partial charge is 0.497 e. The molecule has 40 heavy (non-hydrogen) atoms. The molecule has 3 atom stereocenters. The highest BCUT2D eigenvalue weighted by molar-refractivity contribution is 8.00. The van der Waals surface area contributed by atoms with Crippen molar-refractivity contribution in [1.29, 1.82) is 0 Å². The number of nitrogens with zero attached hydrogens (tertiary/aromatic N) is 3. The van der Waals surface area contributed by atoms with E-state index < -0.39 is 17.1 Å². The van der Waals surface area contributed by atoms with Crippen molar-refractivity contribution in [2.75, 3.05) is 45.4 Å². The maximum Gasteiger partial charge on any atom is 0.308 e. The third kappa shape index (κ3) is 4.49. The lowest BCUT2D eigenvalue weighted by Gasteiger charge is -2.31. The molecule has 6 rings (SSSR count). The van der Waals surface area contributed by atoms with E-state index in [1.165, 1.54) is 21.2 Å². The van der Waals surface area contributed by atoms with Gasteiger partial charge in [0.25, 0.3) is 0 Å². The Labute approximate surface area is 238 Å². The SMILES string of the molecule is COc1ccc([C@@H]2c3sc(=O)n(CC(=O)N4CCOCC4)c3S[C@H]3C(=O)N(c4ccc(OC)cc4)C(=O)[C@@H]23)cc1. The molecule has 2 fully saturated rings. The first kappa shape index (κ1) is 26.6. The van der Waals surface area contributed by atoms with Crippen molar-refractivity contribution in [1.82, 2.24) is 9.47 Å². The van der Waals surface area contributed by atoms with Crippen LogP contribution in [0.4, 0.5) is 5.69 Å². The molecule has 0 aliphatic carbocycles. The molecule has 0 saturated carbocycles. The second-order valence-corrected chi connectivity index (χ2v) is 11.8. The van der Waals surface area contributed by atoms with Crippen LogP contribution in [-0.4, -0.2) is 73.0 Å². The number of aromatic nitrogens is 1. The van der Waals surface area contributed by atoms with Crippen molar-refractivity contribution in [3.63, 3.8) is 0 Å². The molecule has 208 valence electrons. The van der Waals surface area contributed by atoms with Gasteiger partial charge in [-0.2, -0.15) is 0 Å². The van der Waals surface area contributed by atoms with Crippen molar-refractivity contribution in [2.45, 2.75) is 22.7 Å². The third-order valence-corrected chi connectivity index (χ3v) is 10.1. The van der Waals surface area contributed by atoms with Gasteiger partial charge in [-0.1, -0.05) is 35.2 Å². The number of hydrogen-bond acceptors (Lipinski definition) is 9. The summed E-state index contributed by atoms with van der Waals surface area (Å²) < 4.78 is 17.4. The molecule has 0 N–H and O–H groups in total. The van der Waals surface area contributed by atoms with Crippen molar-refractivity contribution >= 4 is 46.5 Å². The van der Waals surface area contributed by atoms with E-state index in [0.29, 0.717) is 53.4 Å². The van der Waals surface area contributed by atoms with Gasteiger partial charge in [-0.15, -0.1) is 0 Å². The molecular weight excluding hydrogens is 554 g/mol. The number of hydrogen-bond donors (Lipinski definition) is 0. The summed E-state index contributed by atoms with van der Waals surface area (Å²) >= 11 is 2.24. The number of benzene rings is 2. The average molecular weight is 582 g/mol.